The summed E-state index contributed by atoms with van der Waals surface area (Å²) in [7, 11) is 1.81. The fourth-order valence-corrected chi connectivity index (χ4v) is 5.45. The van der Waals surface area contributed by atoms with Gasteiger partial charge in [-0.3, -0.25) is 14.3 Å². The number of amides is 2. The van der Waals surface area contributed by atoms with Gasteiger partial charge in [0, 0.05) is 69.5 Å². The van der Waals surface area contributed by atoms with Crippen molar-refractivity contribution in [3.05, 3.63) is 47.7 Å². The fraction of sp³-hybridized carbons (Fsp3) is 0.500. The molecule has 0 spiro atoms. The first kappa shape index (κ1) is 26.9. The highest BCUT2D eigenvalue weighted by Crippen LogP contribution is 2.27. The molecule has 2 saturated heterocycles. The van der Waals surface area contributed by atoms with Crippen LogP contribution in [0.25, 0.3) is 11.1 Å². The van der Waals surface area contributed by atoms with Crippen molar-refractivity contribution in [3.8, 4) is 11.1 Å². The quantitative estimate of drug-likeness (QED) is 0.367. The lowest BCUT2D eigenvalue weighted by atomic mass is 9.93. The molecule has 2 aromatic rings. The van der Waals surface area contributed by atoms with E-state index in [4.69, 9.17) is 5.73 Å². The van der Waals surface area contributed by atoms with Crippen molar-refractivity contribution in [2.24, 2.45) is 23.7 Å². The molecule has 208 valence electrons. The summed E-state index contributed by atoms with van der Waals surface area (Å²) in [6.45, 7) is 5.63. The maximum atomic E-state index is 15.0. The van der Waals surface area contributed by atoms with E-state index < -0.39 is 5.82 Å². The first-order valence-corrected chi connectivity index (χ1v) is 13.6. The summed E-state index contributed by atoms with van der Waals surface area (Å²) in [6, 6.07) is 4.91. The Hall–Kier alpha value is -3.73. The number of aryl methyl sites for hydroxylation is 1. The second-order valence-corrected chi connectivity index (χ2v) is 10.8. The zero-order chi connectivity index (χ0) is 27.5. The second kappa shape index (κ2) is 11.6. The number of amidine groups is 1. The molecule has 2 amide bonds. The summed E-state index contributed by atoms with van der Waals surface area (Å²) in [4.78, 5) is 32.9. The van der Waals surface area contributed by atoms with Crippen LogP contribution in [-0.4, -0.2) is 82.5 Å². The number of likely N-dealkylation sites (tertiary alicyclic amines) is 1. The predicted molar refractivity (Wildman–Crippen MR) is 147 cm³/mol. The van der Waals surface area contributed by atoms with E-state index in [9.17, 15) is 9.59 Å². The average Bonchev–Trinajstić information content (AvgIpc) is 3.33. The molecule has 39 heavy (non-hydrogen) atoms. The first-order valence-electron chi connectivity index (χ1n) is 13.6. The van der Waals surface area contributed by atoms with Gasteiger partial charge in [-0.25, -0.2) is 9.38 Å². The molecule has 0 saturated carbocycles. The molecule has 5 rings (SSSR count). The maximum absolute atomic E-state index is 15.0. The first-order chi connectivity index (χ1) is 18.8. The van der Waals surface area contributed by atoms with Gasteiger partial charge in [-0.2, -0.15) is 5.10 Å². The molecule has 0 atom stereocenters. The van der Waals surface area contributed by atoms with Gasteiger partial charge in [-0.1, -0.05) is 6.07 Å². The summed E-state index contributed by atoms with van der Waals surface area (Å²) in [6.07, 6.45) is 6.80. The standard InChI is InChI=1S/C28H37FN8O2/c1-18(38)36-10-7-25(33-22-15-37(16-22)27(39)11-19-5-8-31-9-6-19)23(17-36)28(30)34-26-4-3-20(12-24(26)29)21-13-32-35(2)14-21/h3-4,12-14,19,22,31,33H,5-11,15-17H2,1-2H3,(H2,30,34). The predicted octanol–water partition coefficient (Wildman–Crippen LogP) is 1.91. The van der Waals surface area contributed by atoms with Gasteiger partial charge in [0.15, 0.2) is 0 Å². The molecule has 4 heterocycles. The number of aliphatic imine (C=N–C) groups is 1. The van der Waals surface area contributed by atoms with E-state index in [2.05, 4.69) is 20.7 Å². The molecule has 0 bridgehead atoms. The normalized spacial score (nSPS) is 19.3. The molecular formula is C28H37FN8O2. The number of nitrogens with two attached hydrogens (primary N) is 1. The summed E-state index contributed by atoms with van der Waals surface area (Å²) in [5, 5.41) is 11.0. The number of piperidine rings is 1. The van der Waals surface area contributed by atoms with Crippen molar-refractivity contribution in [2.45, 2.75) is 38.6 Å². The van der Waals surface area contributed by atoms with Crippen LogP contribution in [0.1, 0.15) is 32.6 Å². The number of hydrogen-bond acceptors (Lipinski definition) is 6. The Morgan fingerprint density at radius 3 is 2.64 bits per heavy atom. The molecular weight excluding hydrogens is 499 g/mol. The number of aromatic nitrogens is 2. The van der Waals surface area contributed by atoms with E-state index in [1.807, 2.05) is 18.1 Å². The molecule has 0 aliphatic carbocycles. The highest BCUT2D eigenvalue weighted by molar-refractivity contribution is 6.00. The minimum absolute atomic E-state index is 0.0512. The Morgan fingerprint density at radius 1 is 1.21 bits per heavy atom. The van der Waals surface area contributed by atoms with Gasteiger partial charge in [0.25, 0.3) is 0 Å². The third-order valence-electron chi connectivity index (χ3n) is 7.86. The molecule has 11 heteroatoms. The van der Waals surface area contributed by atoms with Crippen LogP contribution in [0, 0.1) is 11.7 Å². The van der Waals surface area contributed by atoms with Gasteiger partial charge in [0.05, 0.1) is 18.8 Å². The van der Waals surface area contributed by atoms with Crippen molar-refractivity contribution >= 4 is 23.3 Å². The van der Waals surface area contributed by atoms with Crippen LogP contribution in [0.3, 0.4) is 0 Å². The lowest BCUT2D eigenvalue weighted by molar-refractivity contribution is -0.137. The number of carbonyl (C=O) groups is 2. The van der Waals surface area contributed by atoms with Crippen molar-refractivity contribution in [1.82, 2.24) is 30.2 Å². The number of carbonyl (C=O) groups excluding carboxylic acids is 2. The number of nitrogens with zero attached hydrogens (tertiary/aromatic N) is 5. The molecule has 1 aromatic carbocycles. The van der Waals surface area contributed by atoms with Crippen LogP contribution in [0.2, 0.25) is 0 Å². The van der Waals surface area contributed by atoms with Gasteiger partial charge in [0.2, 0.25) is 11.8 Å². The van der Waals surface area contributed by atoms with Crippen LogP contribution < -0.4 is 16.4 Å². The van der Waals surface area contributed by atoms with E-state index in [-0.39, 0.29) is 29.4 Å². The van der Waals surface area contributed by atoms with Gasteiger partial charge >= 0.3 is 0 Å². The number of hydrogen-bond donors (Lipinski definition) is 3. The molecule has 3 aliphatic heterocycles. The zero-order valence-electron chi connectivity index (χ0n) is 22.6. The Morgan fingerprint density at radius 2 is 1.97 bits per heavy atom. The largest absolute Gasteiger partial charge is 0.383 e. The molecule has 0 radical (unpaired) electrons. The van der Waals surface area contributed by atoms with E-state index in [1.54, 1.807) is 27.9 Å². The lowest BCUT2D eigenvalue weighted by Gasteiger charge is -2.42. The number of benzene rings is 1. The van der Waals surface area contributed by atoms with Gasteiger partial charge < -0.3 is 26.2 Å². The maximum Gasteiger partial charge on any atom is 0.222 e. The number of halogens is 1. The highest BCUT2D eigenvalue weighted by atomic mass is 19.1. The molecule has 0 unspecified atom stereocenters. The molecule has 4 N–H and O–H groups in total. The Bertz CT molecular complexity index is 1290. The van der Waals surface area contributed by atoms with Crippen molar-refractivity contribution in [2.75, 3.05) is 39.3 Å². The Balaban J connectivity index is 1.28. The number of rotatable bonds is 7. The summed E-state index contributed by atoms with van der Waals surface area (Å²) in [5.74, 6) is 0.313. The smallest absolute Gasteiger partial charge is 0.222 e. The van der Waals surface area contributed by atoms with Gasteiger partial charge in [-0.15, -0.1) is 0 Å². The second-order valence-electron chi connectivity index (χ2n) is 10.8. The highest BCUT2D eigenvalue weighted by Gasteiger charge is 2.34. The summed E-state index contributed by atoms with van der Waals surface area (Å²) in [5.41, 5.74) is 9.66. The van der Waals surface area contributed by atoms with Crippen molar-refractivity contribution in [3.63, 3.8) is 0 Å². The third kappa shape index (κ3) is 6.30. The third-order valence-corrected chi connectivity index (χ3v) is 7.86. The Kier molecular flexibility index (Phi) is 7.97. The SMILES string of the molecule is CC(=O)N1CCC(NC2CN(C(=O)CC3CCNCC3)C2)=C(C(N)=Nc2ccc(-c3cnn(C)c3)cc2F)C1. The van der Waals surface area contributed by atoms with Gasteiger partial charge in [0.1, 0.15) is 17.3 Å². The minimum atomic E-state index is -0.490. The van der Waals surface area contributed by atoms with Crippen LogP contribution in [0.5, 0.6) is 0 Å². The molecule has 3 aliphatic rings. The topological polar surface area (TPSA) is 121 Å². The molecule has 1 aromatic heterocycles. The van der Waals surface area contributed by atoms with E-state index >= 15 is 4.39 Å². The van der Waals surface area contributed by atoms with Crippen molar-refractivity contribution in [1.29, 1.82) is 0 Å². The van der Waals surface area contributed by atoms with E-state index in [1.165, 1.54) is 13.0 Å². The fourth-order valence-electron chi connectivity index (χ4n) is 5.45. The zero-order valence-corrected chi connectivity index (χ0v) is 22.6. The summed E-state index contributed by atoms with van der Waals surface area (Å²) < 4.78 is 16.7. The average molecular weight is 537 g/mol. The lowest BCUT2D eigenvalue weighted by Crippen LogP contribution is -2.60. The van der Waals surface area contributed by atoms with Gasteiger partial charge in [-0.05, 0) is 49.5 Å². The minimum Gasteiger partial charge on any atom is -0.383 e. The molecule has 2 fully saturated rings. The van der Waals surface area contributed by atoms with E-state index in [0.717, 1.165) is 37.2 Å². The molecule has 10 nitrogen and oxygen atoms in total. The van der Waals surface area contributed by atoms with Crippen LogP contribution in [-0.2, 0) is 16.6 Å². The number of nitrogens with one attached hydrogen (secondary N) is 2. The van der Waals surface area contributed by atoms with Crippen LogP contribution in [0.15, 0.2) is 46.9 Å². The van der Waals surface area contributed by atoms with E-state index in [0.29, 0.717) is 56.1 Å². The van der Waals surface area contributed by atoms with Crippen molar-refractivity contribution < 1.29 is 14.0 Å². The Labute approximate surface area is 228 Å². The van der Waals surface area contributed by atoms with Crippen LogP contribution >= 0.6 is 0 Å². The van der Waals surface area contributed by atoms with Crippen LogP contribution in [0.4, 0.5) is 10.1 Å². The summed E-state index contributed by atoms with van der Waals surface area (Å²) >= 11 is 0. The monoisotopic (exact) mass is 536 g/mol.